The summed E-state index contributed by atoms with van der Waals surface area (Å²) >= 11 is 0. The monoisotopic (exact) mass is 1120 g/mol. The molecule has 472 valence electrons. The highest BCUT2D eigenvalue weighted by Crippen LogP contribution is 2.18. The molecule has 6 nitrogen and oxygen atoms in total. The molecule has 0 aliphatic rings. The molecule has 0 aromatic rings. The summed E-state index contributed by atoms with van der Waals surface area (Å²) in [5.74, 6) is -0.0524. The largest absolute Gasteiger partial charge is 0.466 e. The zero-order valence-corrected chi connectivity index (χ0v) is 54.1. The molecule has 2 atom stereocenters. The first-order chi connectivity index (χ1) is 39.5. The molecule has 0 saturated carbocycles. The van der Waals surface area contributed by atoms with Crippen LogP contribution in [0.1, 0.15) is 399 Å². The zero-order valence-electron chi connectivity index (χ0n) is 54.1. The van der Waals surface area contributed by atoms with Gasteiger partial charge < -0.3 is 20.3 Å². The van der Waals surface area contributed by atoms with Crippen LogP contribution in [-0.2, 0) is 14.3 Å². The standard InChI is InChI=1S/C74H141NO5/c1-3-5-7-9-11-13-15-17-19-39-42-46-50-54-58-62-66-72(77)71(70-76)75-73(78)67-63-59-55-51-47-43-40-36-34-32-30-28-26-24-22-20-21-23-25-27-29-31-33-35-37-41-45-49-53-57-61-65-69-80-74(79)68-64-60-56-52-48-44-38-18-16-14-12-10-8-6-4-2/h18,23,25,38,62,66,71-72,76-77H,3-17,19-22,24,26-37,39-61,63-65,67-70H2,1-2H3,(H,75,78)/b25-23-,38-18-,66-62+. The maximum atomic E-state index is 12.5. The second-order valence-corrected chi connectivity index (χ2v) is 24.9. The van der Waals surface area contributed by atoms with Crippen LogP contribution >= 0.6 is 0 Å². The van der Waals surface area contributed by atoms with E-state index in [1.54, 1.807) is 6.08 Å². The number of aliphatic hydroxyl groups is 2. The molecular formula is C74H141NO5. The number of carbonyl (C=O) groups excluding carboxylic acids is 2. The summed E-state index contributed by atoms with van der Waals surface area (Å²) in [6.07, 6.45) is 89.5. The molecular weight excluding hydrogens is 983 g/mol. The van der Waals surface area contributed by atoms with Crippen molar-refractivity contribution in [2.45, 2.75) is 411 Å². The summed E-state index contributed by atoms with van der Waals surface area (Å²) < 4.78 is 5.49. The van der Waals surface area contributed by atoms with Gasteiger partial charge in [-0.2, -0.15) is 0 Å². The second kappa shape index (κ2) is 69.6. The van der Waals surface area contributed by atoms with Gasteiger partial charge in [-0.15, -0.1) is 0 Å². The number of ether oxygens (including phenoxy) is 1. The summed E-state index contributed by atoms with van der Waals surface area (Å²) in [6, 6.07) is -0.626. The van der Waals surface area contributed by atoms with E-state index in [-0.39, 0.29) is 18.5 Å². The van der Waals surface area contributed by atoms with E-state index in [0.29, 0.717) is 19.4 Å². The van der Waals surface area contributed by atoms with Crippen LogP contribution in [0, 0.1) is 0 Å². The molecule has 80 heavy (non-hydrogen) atoms. The van der Waals surface area contributed by atoms with Crippen molar-refractivity contribution >= 4 is 11.9 Å². The molecule has 0 aliphatic carbocycles. The summed E-state index contributed by atoms with van der Waals surface area (Å²) in [4.78, 5) is 24.6. The molecule has 0 fully saturated rings. The normalized spacial score (nSPS) is 12.7. The Balaban J connectivity index is 3.37. The average molecular weight is 1120 g/mol. The van der Waals surface area contributed by atoms with Crippen LogP contribution < -0.4 is 5.32 Å². The zero-order chi connectivity index (χ0) is 57.8. The number of carbonyl (C=O) groups is 2. The van der Waals surface area contributed by atoms with E-state index < -0.39 is 12.1 Å². The van der Waals surface area contributed by atoms with E-state index in [2.05, 4.69) is 43.5 Å². The molecule has 0 bridgehead atoms. The third-order valence-electron chi connectivity index (χ3n) is 16.9. The molecule has 0 radical (unpaired) electrons. The maximum absolute atomic E-state index is 12.5. The summed E-state index contributed by atoms with van der Waals surface area (Å²) in [6.45, 7) is 4.93. The fourth-order valence-electron chi connectivity index (χ4n) is 11.3. The van der Waals surface area contributed by atoms with E-state index >= 15 is 0 Å². The van der Waals surface area contributed by atoms with Gasteiger partial charge in [-0.1, -0.05) is 339 Å². The van der Waals surface area contributed by atoms with E-state index in [1.807, 2.05) is 6.08 Å². The Bertz CT molecular complexity index is 1300. The fraction of sp³-hybridized carbons (Fsp3) is 0.892. The van der Waals surface area contributed by atoms with Crippen LogP contribution in [0.15, 0.2) is 36.5 Å². The van der Waals surface area contributed by atoms with Crippen LogP contribution in [-0.4, -0.2) is 47.4 Å². The highest BCUT2D eigenvalue weighted by atomic mass is 16.5. The number of unbranched alkanes of at least 4 members (excludes halogenated alkanes) is 53. The lowest BCUT2D eigenvalue weighted by Gasteiger charge is -2.20. The molecule has 6 heteroatoms. The lowest BCUT2D eigenvalue weighted by atomic mass is 10.0. The Kier molecular flexibility index (Phi) is 67.9. The molecule has 0 aromatic heterocycles. The molecule has 1 amide bonds. The first kappa shape index (κ1) is 78.1. The van der Waals surface area contributed by atoms with Gasteiger partial charge in [-0.25, -0.2) is 0 Å². The van der Waals surface area contributed by atoms with Gasteiger partial charge in [0.05, 0.1) is 25.4 Å². The Morgan fingerprint density at radius 2 is 0.588 bits per heavy atom. The topological polar surface area (TPSA) is 95.9 Å². The third kappa shape index (κ3) is 65.2. The Hall–Kier alpha value is -1.92. The number of esters is 1. The number of rotatable bonds is 68. The Labute approximate surface area is 500 Å². The summed E-state index contributed by atoms with van der Waals surface area (Å²) in [5, 5.41) is 23.2. The average Bonchev–Trinajstić information content (AvgIpc) is 3.46. The van der Waals surface area contributed by atoms with Crippen molar-refractivity contribution in [1.29, 1.82) is 0 Å². The number of hydrogen-bond acceptors (Lipinski definition) is 5. The number of amides is 1. The van der Waals surface area contributed by atoms with Crippen molar-refractivity contribution in [3.63, 3.8) is 0 Å². The van der Waals surface area contributed by atoms with Gasteiger partial charge in [0.2, 0.25) is 5.91 Å². The van der Waals surface area contributed by atoms with Crippen molar-refractivity contribution in [3.05, 3.63) is 36.5 Å². The summed E-state index contributed by atoms with van der Waals surface area (Å²) in [7, 11) is 0. The van der Waals surface area contributed by atoms with Crippen molar-refractivity contribution < 1.29 is 24.5 Å². The van der Waals surface area contributed by atoms with Gasteiger partial charge in [0, 0.05) is 12.8 Å². The number of aliphatic hydroxyl groups excluding tert-OH is 2. The minimum absolute atomic E-state index is 0.0104. The minimum Gasteiger partial charge on any atom is -0.466 e. The predicted molar refractivity (Wildman–Crippen MR) is 352 cm³/mol. The molecule has 0 aromatic carbocycles. The highest BCUT2D eigenvalue weighted by molar-refractivity contribution is 5.76. The SMILES string of the molecule is CCCCCCCC/C=C\CCCCCCCC(=O)OCCCCCCCCCCCCCC/C=C\CCCCCCCCCCCCCCCCCCC(=O)NC(CO)C(O)/C=C/CCCCCCCCCCCCCCCC. The van der Waals surface area contributed by atoms with Crippen LogP contribution in [0.4, 0.5) is 0 Å². The fourth-order valence-corrected chi connectivity index (χ4v) is 11.3. The molecule has 0 aliphatic heterocycles. The Morgan fingerprint density at radius 3 is 0.887 bits per heavy atom. The van der Waals surface area contributed by atoms with Crippen molar-refractivity contribution in [2.75, 3.05) is 13.2 Å². The van der Waals surface area contributed by atoms with Crippen LogP contribution in [0.3, 0.4) is 0 Å². The van der Waals surface area contributed by atoms with Gasteiger partial charge in [-0.05, 0) is 83.5 Å². The molecule has 3 N–H and O–H groups in total. The smallest absolute Gasteiger partial charge is 0.305 e. The van der Waals surface area contributed by atoms with E-state index in [4.69, 9.17) is 4.74 Å². The van der Waals surface area contributed by atoms with E-state index in [0.717, 1.165) is 44.9 Å². The van der Waals surface area contributed by atoms with E-state index in [9.17, 15) is 19.8 Å². The first-order valence-corrected chi connectivity index (χ1v) is 36.3. The summed E-state index contributed by atoms with van der Waals surface area (Å²) in [5.41, 5.74) is 0. The number of allylic oxidation sites excluding steroid dienone is 5. The Morgan fingerprint density at radius 1 is 0.338 bits per heavy atom. The van der Waals surface area contributed by atoms with Gasteiger partial charge >= 0.3 is 5.97 Å². The molecule has 0 spiro atoms. The lowest BCUT2D eigenvalue weighted by Crippen LogP contribution is -2.45. The van der Waals surface area contributed by atoms with E-state index in [1.165, 1.54) is 327 Å². The highest BCUT2D eigenvalue weighted by Gasteiger charge is 2.18. The van der Waals surface area contributed by atoms with Crippen LogP contribution in [0.25, 0.3) is 0 Å². The lowest BCUT2D eigenvalue weighted by molar-refractivity contribution is -0.143. The van der Waals surface area contributed by atoms with Crippen LogP contribution in [0.2, 0.25) is 0 Å². The molecule has 0 heterocycles. The quantitative estimate of drug-likeness (QED) is 0.0320. The third-order valence-corrected chi connectivity index (χ3v) is 16.9. The minimum atomic E-state index is -0.843. The number of hydrogen-bond donors (Lipinski definition) is 3. The van der Waals surface area contributed by atoms with Gasteiger partial charge in [0.25, 0.3) is 0 Å². The van der Waals surface area contributed by atoms with Gasteiger partial charge in [0.15, 0.2) is 0 Å². The van der Waals surface area contributed by atoms with Crippen molar-refractivity contribution in [2.24, 2.45) is 0 Å². The van der Waals surface area contributed by atoms with Crippen molar-refractivity contribution in [1.82, 2.24) is 5.32 Å². The second-order valence-electron chi connectivity index (χ2n) is 24.9. The molecule has 2 unspecified atom stereocenters. The van der Waals surface area contributed by atoms with Gasteiger partial charge in [0.1, 0.15) is 0 Å². The van der Waals surface area contributed by atoms with Crippen molar-refractivity contribution in [3.8, 4) is 0 Å². The van der Waals surface area contributed by atoms with Gasteiger partial charge in [-0.3, -0.25) is 9.59 Å². The number of nitrogens with one attached hydrogen (secondary N) is 1. The van der Waals surface area contributed by atoms with Crippen LogP contribution in [0.5, 0.6) is 0 Å². The molecule has 0 rings (SSSR count). The predicted octanol–water partition coefficient (Wildman–Crippen LogP) is 23.5. The first-order valence-electron chi connectivity index (χ1n) is 36.3. The molecule has 0 saturated heterocycles. The maximum Gasteiger partial charge on any atom is 0.305 e.